The van der Waals surface area contributed by atoms with Crippen LogP contribution in [0, 0.1) is 20.0 Å². The molecule has 0 aromatic heterocycles. The molecular formula is C11H18BNOY. The topological polar surface area (TPSA) is 20.3 Å². The fraction of sp³-hybridized carbons (Fsp3) is 0.364. The van der Waals surface area contributed by atoms with E-state index in [4.69, 9.17) is 0 Å². The number of allylic oxidation sites excluding steroid dienone is 3. The predicted octanol–water partition coefficient (Wildman–Crippen LogP) is 2.02. The van der Waals surface area contributed by atoms with E-state index in [0.717, 1.165) is 5.57 Å². The third kappa shape index (κ3) is 11.9. The van der Waals surface area contributed by atoms with Gasteiger partial charge in [0.05, 0.1) is 0 Å². The van der Waals surface area contributed by atoms with E-state index in [0.29, 0.717) is 6.54 Å². The number of nitrogens with zero attached hydrogens (tertiary/aromatic N) is 1. The van der Waals surface area contributed by atoms with Crippen LogP contribution in [0.3, 0.4) is 0 Å². The van der Waals surface area contributed by atoms with Crippen molar-refractivity contribution in [2.24, 2.45) is 0 Å². The molecule has 0 spiro atoms. The Morgan fingerprint density at radius 1 is 1.53 bits per heavy atom. The van der Waals surface area contributed by atoms with Gasteiger partial charge < -0.3 is 4.90 Å². The van der Waals surface area contributed by atoms with Crippen LogP contribution in [-0.2, 0) is 37.5 Å². The molecule has 4 heteroatoms. The molecule has 0 aliphatic rings. The summed E-state index contributed by atoms with van der Waals surface area (Å²) in [5, 5.41) is 0. The Hall–Kier alpha value is -0.0112. The van der Waals surface area contributed by atoms with Crippen LogP contribution in [0.5, 0.6) is 0 Å². The Labute approximate surface area is 122 Å². The van der Waals surface area contributed by atoms with E-state index in [1.54, 1.807) is 19.1 Å². The standard InChI is InChI=1S/C10H14NO.CH4.B.Y/c1-5-7-9(3)8-10(12)11(4)6-2;;;/h5,7H,1,4,6H2,2-3H3;1H4;;/q-3;;;+3. The minimum Gasteiger partial charge on any atom is -0.508 e. The van der Waals surface area contributed by atoms with Crippen LogP contribution in [0.1, 0.15) is 21.3 Å². The smallest absolute Gasteiger partial charge is 0.508 e. The van der Waals surface area contributed by atoms with Gasteiger partial charge in [-0.3, -0.25) is 11.8 Å². The summed E-state index contributed by atoms with van der Waals surface area (Å²) in [4.78, 5) is 12.5. The molecule has 0 fully saturated rings. The second-order valence-electron chi connectivity index (χ2n) is 2.37. The summed E-state index contributed by atoms with van der Waals surface area (Å²) in [6.45, 7) is 7.76. The minimum atomic E-state index is -0.201. The molecule has 3 radical (unpaired) electrons. The Balaban J connectivity index is -0.000000202. The first-order valence-corrected chi connectivity index (χ1v) is 3.80. The molecule has 2 nitrogen and oxygen atoms in total. The Morgan fingerprint density at radius 2 is 2.00 bits per heavy atom. The molecule has 0 aliphatic heterocycles. The number of hydrogen-bond acceptors (Lipinski definition) is 1. The summed E-state index contributed by atoms with van der Waals surface area (Å²) in [5.74, 6) is -0.201. The van der Waals surface area contributed by atoms with E-state index in [2.05, 4.69) is 20.0 Å². The van der Waals surface area contributed by atoms with Crippen LogP contribution in [0.15, 0.2) is 17.7 Å². The average molecular weight is 280 g/mol. The van der Waals surface area contributed by atoms with Crippen LogP contribution < -0.4 is 0 Å². The van der Waals surface area contributed by atoms with Crippen LogP contribution in [0.25, 0.3) is 0 Å². The summed E-state index contributed by atoms with van der Waals surface area (Å²) >= 11 is 0. The molecule has 0 bridgehead atoms. The van der Waals surface area contributed by atoms with Crippen molar-refractivity contribution in [2.75, 3.05) is 6.54 Å². The number of likely N-dealkylation sites (N-methyl/N-ethyl adjacent to an activating group) is 1. The Morgan fingerprint density at radius 3 is 2.33 bits per heavy atom. The van der Waals surface area contributed by atoms with Crippen molar-refractivity contribution in [1.29, 1.82) is 0 Å². The monoisotopic (exact) mass is 280 g/mol. The molecule has 15 heavy (non-hydrogen) atoms. The minimum absolute atomic E-state index is 0. The molecule has 0 aromatic rings. The van der Waals surface area contributed by atoms with E-state index in [-0.39, 0.29) is 54.5 Å². The first kappa shape index (κ1) is 24.3. The number of amides is 1. The van der Waals surface area contributed by atoms with Gasteiger partial charge in [-0.05, 0) is 6.54 Å². The van der Waals surface area contributed by atoms with Gasteiger partial charge in [0.2, 0.25) is 0 Å². The van der Waals surface area contributed by atoms with Crippen LogP contribution in [0.4, 0.5) is 0 Å². The van der Waals surface area contributed by atoms with Gasteiger partial charge in [-0.25, -0.2) is 24.6 Å². The van der Waals surface area contributed by atoms with Crippen LogP contribution in [0.2, 0.25) is 0 Å². The van der Waals surface area contributed by atoms with Gasteiger partial charge in [0.25, 0.3) is 0 Å². The van der Waals surface area contributed by atoms with Crippen molar-refractivity contribution >= 4 is 14.3 Å². The van der Waals surface area contributed by atoms with Crippen molar-refractivity contribution in [2.45, 2.75) is 21.3 Å². The van der Waals surface area contributed by atoms with E-state index in [1.165, 1.54) is 4.90 Å². The first-order chi connectivity index (χ1) is 5.61. The molecule has 0 heterocycles. The molecule has 0 N–H and O–H groups in total. The van der Waals surface area contributed by atoms with E-state index in [9.17, 15) is 4.79 Å². The molecule has 79 valence electrons. The molecule has 0 atom stereocenters. The third-order valence-electron chi connectivity index (χ3n) is 1.34. The molecular weight excluding hydrogens is 262 g/mol. The van der Waals surface area contributed by atoms with Crippen molar-refractivity contribution < 1.29 is 37.5 Å². The van der Waals surface area contributed by atoms with Gasteiger partial charge in [-0.2, -0.15) is 6.08 Å². The molecule has 0 saturated heterocycles. The zero-order chi connectivity index (χ0) is 9.56. The number of carbonyl (C=O) groups is 1. The van der Waals surface area contributed by atoms with E-state index < -0.39 is 0 Å². The maximum Gasteiger partial charge on any atom is 3.00 e. The zero-order valence-electron chi connectivity index (χ0n) is 8.79. The molecule has 0 aliphatic carbocycles. The van der Waals surface area contributed by atoms with E-state index >= 15 is 0 Å². The largest absolute Gasteiger partial charge is 3.00 e. The fourth-order valence-electron chi connectivity index (χ4n) is 0.610. The number of rotatable bonds is 3. The van der Waals surface area contributed by atoms with Gasteiger partial charge in [0.15, 0.2) is 0 Å². The average Bonchev–Trinajstić information content (AvgIpc) is 2.03. The first-order valence-electron chi connectivity index (χ1n) is 3.80. The normalized spacial score (nSPS) is 9.67. The summed E-state index contributed by atoms with van der Waals surface area (Å²) < 4.78 is 0. The zero-order valence-corrected chi connectivity index (χ0v) is 11.6. The van der Waals surface area contributed by atoms with Gasteiger partial charge in [0.1, 0.15) is 5.91 Å². The van der Waals surface area contributed by atoms with Crippen molar-refractivity contribution in [3.63, 3.8) is 0 Å². The van der Waals surface area contributed by atoms with Crippen LogP contribution >= 0.6 is 0 Å². The van der Waals surface area contributed by atoms with Crippen molar-refractivity contribution in [3.8, 4) is 0 Å². The van der Waals surface area contributed by atoms with Gasteiger partial charge in [0, 0.05) is 8.41 Å². The molecule has 0 saturated carbocycles. The maximum absolute atomic E-state index is 11.1. The van der Waals surface area contributed by atoms with Gasteiger partial charge in [-0.15, -0.1) is 0 Å². The van der Waals surface area contributed by atoms with Crippen LogP contribution in [-0.4, -0.2) is 25.8 Å². The predicted molar refractivity (Wildman–Crippen MR) is 62.2 cm³/mol. The van der Waals surface area contributed by atoms with Crippen molar-refractivity contribution in [3.05, 3.63) is 37.8 Å². The molecule has 0 rings (SSSR count). The quantitative estimate of drug-likeness (QED) is 0.335. The maximum atomic E-state index is 11.1. The summed E-state index contributed by atoms with van der Waals surface area (Å²) in [6.07, 6.45) is 5.99. The van der Waals surface area contributed by atoms with E-state index in [1.807, 2.05) is 6.92 Å². The summed E-state index contributed by atoms with van der Waals surface area (Å²) in [7, 11) is 3.54. The Bertz CT molecular complexity index is 215. The summed E-state index contributed by atoms with van der Waals surface area (Å²) in [5.41, 5.74) is 0.761. The van der Waals surface area contributed by atoms with Crippen molar-refractivity contribution in [1.82, 2.24) is 4.90 Å². The number of carbonyl (C=O) groups excluding carboxylic acids is 1. The molecule has 1 amide bonds. The number of hydrogen-bond donors (Lipinski definition) is 0. The molecule has 0 unspecified atom stereocenters. The molecule has 0 aromatic carbocycles. The SMILES string of the molecule is C.[B].[CH2-]C=CC(C)=[C-]C(=O)N([CH2-])CC.[Y+3]. The Kier molecular flexibility index (Phi) is 22.7. The second-order valence-corrected chi connectivity index (χ2v) is 2.37. The van der Waals surface area contributed by atoms with Gasteiger partial charge >= 0.3 is 32.7 Å². The second kappa shape index (κ2) is 14.0. The fourth-order valence-corrected chi connectivity index (χ4v) is 0.610. The summed E-state index contributed by atoms with van der Waals surface area (Å²) in [6, 6.07) is 0. The van der Waals surface area contributed by atoms with Gasteiger partial charge in [-0.1, -0.05) is 21.3 Å². The third-order valence-corrected chi connectivity index (χ3v) is 1.34.